The number of rotatable bonds is 8. The molecule has 1 aliphatic heterocycles. The number of carbonyl (C=O) groups is 1. The van der Waals surface area contributed by atoms with E-state index < -0.39 is 12.4 Å². The van der Waals surface area contributed by atoms with Gasteiger partial charge in [0, 0.05) is 10.7 Å². The molecule has 0 radical (unpaired) electrons. The number of amides is 1. The second-order valence-corrected chi connectivity index (χ2v) is 8.41. The van der Waals surface area contributed by atoms with Crippen LogP contribution in [0.25, 0.3) is 0 Å². The van der Waals surface area contributed by atoms with Crippen LogP contribution in [0, 0.1) is 5.92 Å². The Labute approximate surface area is 188 Å². The molecular formula is C24H29ClN2O4. The average Bonchev–Trinajstić information content (AvgIpc) is 3.12. The first-order valence-corrected chi connectivity index (χ1v) is 10.7. The maximum absolute atomic E-state index is 12.4. The normalized spacial score (nSPS) is 19.3. The second kappa shape index (κ2) is 10.7. The van der Waals surface area contributed by atoms with Crippen LogP contribution in [0.1, 0.15) is 25.0 Å². The van der Waals surface area contributed by atoms with E-state index in [1.165, 1.54) is 0 Å². The molecular weight excluding hydrogens is 416 g/mol. The molecule has 1 amide bonds. The molecule has 1 saturated heterocycles. The topological polar surface area (TPSA) is 71.0 Å². The monoisotopic (exact) mass is 444 g/mol. The van der Waals surface area contributed by atoms with Crippen molar-refractivity contribution in [1.29, 1.82) is 0 Å². The molecule has 1 aliphatic rings. The van der Waals surface area contributed by atoms with Crippen LogP contribution in [-0.4, -0.2) is 41.2 Å². The van der Waals surface area contributed by atoms with E-state index in [0.717, 1.165) is 11.1 Å². The number of halogens is 1. The third-order valence-electron chi connectivity index (χ3n) is 5.35. The van der Waals surface area contributed by atoms with Crippen LogP contribution in [0.5, 0.6) is 0 Å². The Hall–Kier alpha value is -2.54. The smallest absolute Gasteiger partial charge is 0.408 e. The zero-order valence-electron chi connectivity index (χ0n) is 17.8. The summed E-state index contributed by atoms with van der Waals surface area (Å²) in [5.74, 6) is 0.0608. The van der Waals surface area contributed by atoms with E-state index in [4.69, 9.17) is 21.1 Å². The number of benzene rings is 2. The molecule has 0 spiro atoms. The fraction of sp³-hybridized carbons (Fsp3) is 0.375. The zero-order chi connectivity index (χ0) is 22.4. The molecule has 3 atom stereocenters. The summed E-state index contributed by atoms with van der Waals surface area (Å²) >= 11 is 5.98. The molecule has 31 heavy (non-hydrogen) atoms. The van der Waals surface area contributed by atoms with Gasteiger partial charge in [-0.25, -0.2) is 4.79 Å². The predicted molar refractivity (Wildman–Crippen MR) is 120 cm³/mol. The van der Waals surface area contributed by atoms with Gasteiger partial charge in [-0.2, -0.15) is 0 Å². The van der Waals surface area contributed by atoms with Gasteiger partial charge in [-0.05, 0) is 35.6 Å². The van der Waals surface area contributed by atoms with Crippen LogP contribution in [0.2, 0.25) is 5.02 Å². The lowest BCUT2D eigenvalue weighted by molar-refractivity contribution is -0.0671. The summed E-state index contributed by atoms with van der Waals surface area (Å²) in [5.41, 5.74) is 2.60. The molecule has 2 N–H and O–H groups in total. The predicted octanol–water partition coefficient (Wildman–Crippen LogP) is 4.32. The van der Waals surface area contributed by atoms with E-state index in [1.54, 1.807) is 0 Å². The third-order valence-corrected chi connectivity index (χ3v) is 5.60. The van der Waals surface area contributed by atoms with E-state index in [2.05, 4.69) is 11.9 Å². The van der Waals surface area contributed by atoms with Crippen LogP contribution >= 0.6 is 11.6 Å². The first kappa shape index (κ1) is 23.1. The van der Waals surface area contributed by atoms with Crippen molar-refractivity contribution in [3.63, 3.8) is 0 Å². The van der Waals surface area contributed by atoms with Gasteiger partial charge in [-0.3, -0.25) is 0 Å². The number of ether oxygens (including phenoxy) is 2. The third kappa shape index (κ3) is 6.23. The summed E-state index contributed by atoms with van der Waals surface area (Å²) < 4.78 is 10.9. The van der Waals surface area contributed by atoms with Crippen molar-refractivity contribution < 1.29 is 19.4 Å². The number of hydrogen-bond donors (Lipinski definition) is 2. The van der Waals surface area contributed by atoms with Gasteiger partial charge in [0.1, 0.15) is 13.3 Å². The minimum absolute atomic E-state index is 0.0608. The van der Waals surface area contributed by atoms with Gasteiger partial charge in [-0.15, -0.1) is 0 Å². The van der Waals surface area contributed by atoms with Gasteiger partial charge >= 0.3 is 6.09 Å². The van der Waals surface area contributed by atoms with Gasteiger partial charge in [-0.1, -0.05) is 74.5 Å². The first-order chi connectivity index (χ1) is 14.8. The van der Waals surface area contributed by atoms with Gasteiger partial charge in [0.25, 0.3) is 0 Å². The molecule has 0 saturated carbocycles. The van der Waals surface area contributed by atoms with Crippen molar-refractivity contribution in [2.75, 3.05) is 6.73 Å². The van der Waals surface area contributed by atoms with E-state index in [-0.39, 0.29) is 31.3 Å². The minimum atomic E-state index is -0.953. The number of nitrogens with zero attached hydrogens (tertiary/aromatic N) is 1. The number of carbonyl (C=O) groups excluding carboxylic acids is 1. The van der Waals surface area contributed by atoms with Crippen molar-refractivity contribution in [2.24, 2.45) is 5.92 Å². The fourth-order valence-electron chi connectivity index (χ4n) is 3.59. The molecule has 0 bridgehead atoms. The Bertz CT molecular complexity index is 873. The van der Waals surface area contributed by atoms with E-state index >= 15 is 0 Å². The Morgan fingerprint density at radius 1 is 1.23 bits per heavy atom. The van der Waals surface area contributed by atoms with Gasteiger partial charge in [0.05, 0.1) is 12.1 Å². The van der Waals surface area contributed by atoms with Crippen molar-refractivity contribution in [2.45, 2.75) is 45.2 Å². The first-order valence-electron chi connectivity index (χ1n) is 10.3. The Balaban J connectivity index is 1.64. The number of nitrogens with one attached hydrogen (secondary N) is 1. The number of hydrogen-bond acceptors (Lipinski definition) is 5. The van der Waals surface area contributed by atoms with Crippen molar-refractivity contribution >= 4 is 17.7 Å². The van der Waals surface area contributed by atoms with E-state index in [9.17, 15) is 9.90 Å². The molecule has 1 heterocycles. The van der Waals surface area contributed by atoms with E-state index in [0.29, 0.717) is 17.1 Å². The molecule has 0 aromatic heterocycles. The highest BCUT2D eigenvalue weighted by atomic mass is 35.5. The Kier molecular flexibility index (Phi) is 7.96. The summed E-state index contributed by atoms with van der Waals surface area (Å²) in [6.45, 7) is 8.59. The highest BCUT2D eigenvalue weighted by molar-refractivity contribution is 6.30. The lowest BCUT2D eigenvalue weighted by Gasteiger charge is -2.34. The molecule has 2 aromatic carbocycles. The summed E-state index contributed by atoms with van der Waals surface area (Å²) in [4.78, 5) is 14.3. The maximum Gasteiger partial charge on any atom is 0.408 e. The molecule has 0 aliphatic carbocycles. The van der Waals surface area contributed by atoms with Crippen LogP contribution in [0.15, 0.2) is 66.9 Å². The largest absolute Gasteiger partial charge is 0.445 e. The summed E-state index contributed by atoms with van der Waals surface area (Å²) in [5, 5.41) is 14.0. The molecule has 1 unspecified atom stereocenters. The van der Waals surface area contributed by atoms with Crippen molar-refractivity contribution in [1.82, 2.24) is 10.2 Å². The number of aliphatic hydroxyl groups excluding tert-OH is 1. The van der Waals surface area contributed by atoms with E-state index in [1.807, 2.05) is 73.3 Å². The summed E-state index contributed by atoms with van der Waals surface area (Å²) in [6.07, 6.45) is -0.912. The summed E-state index contributed by atoms with van der Waals surface area (Å²) in [7, 11) is 0. The van der Waals surface area contributed by atoms with Crippen LogP contribution < -0.4 is 5.32 Å². The van der Waals surface area contributed by atoms with Gasteiger partial charge in [0.15, 0.2) is 6.29 Å². The lowest BCUT2D eigenvalue weighted by atomic mass is 9.98. The summed E-state index contributed by atoms with van der Waals surface area (Å²) in [6, 6.07) is 16.3. The quantitative estimate of drug-likeness (QED) is 0.634. The van der Waals surface area contributed by atoms with Crippen molar-refractivity contribution in [3.8, 4) is 0 Å². The highest BCUT2D eigenvalue weighted by Gasteiger charge is 2.37. The number of alkyl carbamates (subject to hydrolysis) is 1. The Morgan fingerprint density at radius 3 is 2.55 bits per heavy atom. The molecule has 1 fully saturated rings. The molecule has 3 rings (SSSR count). The fourth-order valence-corrected chi connectivity index (χ4v) is 3.72. The standard InChI is InChI=1S/C24H29ClN2O4/c1-16(2)22(26-24(29)30-14-19-7-5-4-6-8-19)17(3)27-15-31-23(28)21(27)13-18-9-11-20(25)12-10-18/h4-12,16,21-23,28H,3,13-15H2,1-2H3,(H,26,29)/t21-,22?,23+/m0/s1. The average molecular weight is 445 g/mol. The van der Waals surface area contributed by atoms with Gasteiger partial charge < -0.3 is 24.8 Å². The minimum Gasteiger partial charge on any atom is -0.445 e. The van der Waals surface area contributed by atoms with Crippen molar-refractivity contribution in [3.05, 3.63) is 83.0 Å². The van der Waals surface area contributed by atoms with Crippen LogP contribution in [0.4, 0.5) is 4.79 Å². The van der Waals surface area contributed by atoms with Gasteiger partial charge in [0.2, 0.25) is 0 Å². The molecule has 6 nitrogen and oxygen atoms in total. The maximum atomic E-state index is 12.4. The molecule has 166 valence electrons. The molecule has 2 aromatic rings. The Morgan fingerprint density at radius 2 is 1.90 bits per heavy atom. The zero-order valence-corrected chi connectivity index (χ0v) is 18.6. The SMILES string of the molecule is C=C(C(NC(=O)OCc1ccccc1)C(C)C)N1CO[C@@H](O)[C@@H]1Cc1ccc(Cl)cc1. The van der Waals surface area contributed by atoms with Crippen LogP contribution in [0.3, 0.4) is 0 Å². The van der Waals surface area contributed by atoms with Crippen LogP contribution in [-0.2, 0) is 22.5 Å². The molecule has 7 heteroatoms. The highest BCUT2D eigenvalue weighted by Crippen LogP contribution is 2.27. The number of aliphatic hydroxyl groups is 1. The second-order valence-electron chi connectivity index (χ2n) is 7.97. The lowest BCUT2D eigenvalue weighted by Crippen LogP contribution is -2.47.